The number of rotatable bonds is 0. The number of carbonyl (C=O) groups is 1. The summed E-state index contributed by atoms with van der Waals surface area (Å²) in [5.74, 6) is -0.176. The van der Waals surface area contributed by atoms with Gasteiger partial charge in [-0.25, -0.2) is 9.59 Å². The molecule has 2 aromatic rings. The van der Waals surface area contributed by atoms with Gasteiger partial charge in [-0.15, -0.1) is 0 Å². The molecule has 0 spiro atoms. The smallest absolute Gasteiger partial charge is 0.422 e. The number of aryl methyl sites for hydroxylation is 1. The summed E-state index contributed by atoms with van der Waals surface area (Å²) in [6.45, 7) is 0. The third-order valence-corrected chi connectivity index (χ3v) is 2.44. The van der Waals surface area contributed by atoms with Crippen LogP contribution in [0.2, 0.25) is 0 Å². The van der Waals surface area contributed by atoms with Crippen molar-refractivity contribution in [1.82, 2.24) is 9.13 Å². The highest BCUT2D eigenvalue weighted by Crippen LogP contribution is 2.14. The monoisotopic (exact) mass is 236 g/mol. The molecule has 0 aliphatic rings. The van der Waals surface area contributed by atoms with Crippen LogP contribution in [0.1, 0.15) is 0 Å². The van der Waals surface area contributed by atoms with Gasteiger partial charge >= 0.3 is 11.8 Å². The van der Waals surface area contributed by atoms with E-state index in [9.17, 15) is 19.5 Å². The van der Waals surface area contributed by atoms with Crippen molar-refractivity contribution in [3.05, 3.63) is 39.0 Å². The van der Waals surface area contributed by atoms with Gasteiger partial charge in [-0.05, 0) is 18.2 Å². The van der Waals surface area contributed by atoms with Crippen LogP contribution in [0.4, 0.5) is 4.79 Å². The molecule has 1 aromatic heterocycles. The summed E-state index contributed by atoms with van der Waals surface area (Å²) in [6, 6.07) is 3.81. The zero-order valence-electron chi connectivity index (χ0n) is 8.75. The van der Waals surface area contributed by atoms with Crippen LogP contribution >= 0.6 is 0 Å². The lowest BCUT2D eigenvalue weighted by atomic mass is 10.2. The number of carboxylic acid groups (broad SMARTS) is 1. The Morgan fingerprint density at radius 1 is 1.29 bits per heavy atom. The highest BCUT2D eigenvalue weighted by molar-refractivity contribution is 5.82. The summed E-state index contributed by atoms with van der Waals surface area (Å²) in [6.07, 6.45) is -1.65. The summed E-state index contributed by atoms with van der Waals surface area (Å²) in [5, 5.41) is 18.0. The van der Waals surface area contributed by atoms with E-state index in [0.29, 0.717) is 0 Å². The molecule has 0 atom stereocenters. The quantitative estimate of drug-likeness (QED) is 0.666. The zero-order valence-corrected chi connectivity index (χ0v) is 8.75. The molecule has 1 aromatic carbocycles. The number of hydrogen-bond donors (Lipinski definition) is 2. The molecule has 0 saturated heterocycles. The van der Waals surface area contributed by atoms with Crippen LogP contribution in [-0.4, -0.2) is 25.4 Å². The van der Waals surface area contributed by atoms with Crippen molar-refractivity contribution in [2.75, 3.05) is 0 Å². The Kier molecular flexibility index (Phi) is 2.24. The minimum Gasteiger partial charge on any atom is -0.508 e. The summed E-state index contributed by atoms with van der Waals surface area (Å²) < 4.78 is 1.13. The summed E-state index contributed by atoms with van der Waals surface area (Å²) >= 11 is 0. The number of aromatic nitrogens is 2. The summed E-state index contributed by atoms with van der Waals surface area (Å²) in [4.78, 5) is 34.2. The molecule has 0 bridgehead atoms. The second-order valence-corrected chi connectivity index (χ2v) is 3.47. The van der Waals surface area contributed by atoms with E-state index in [2.05, 4.69) is 0 Å². The number of phenolic OH excluding ortho intramolecular Hbond substituents is 1. The Bertz CT molecular complexity index is 741. The van der Waals surface area contributed by atoms with E-state index in [1.165, 1.54) is 19.2 Å². The van der Waals surface area contributed by atoms with Crippen LogP contribution in [0, 0.1) is 0 Å². The fourth-order valence-electron chi connectivity index (χ4n) is 1.62. The number of aromatic hydroxyl groups is 1. The fourth-order valence-corrected chi connectivity index (χ4v) is 1.62. The third kappa shape index (κ3) is 1.48. The van der Waals surface area contributed by atoms with Crippen molar-refractivity contribution < 1.29 is 15.0 Å². The predicted molar refractivity (Wildman–Crippen MR) is 58.5 cm³/mol. The lowest BCUT2D eigenvalue weighted by molar-refractivity contribution is 0.193. The van der Waals surface area contributed by atoms with E-state index in [1.54, 1.807) is 0 Å². The van der Waals surface area contributed by atoms with E-state index < -0.39 is 17.3 Å². The Hall–Kier alpha value is -2.57. The Labute approximate surface area is 93.8 Å². The number of fused-ring (bicyclic) bond motifs is 1. The van der Waals surface area contributed by atoms with Gasteiger partial charge in [-0.3, -0.25) is 9.36 Å². The molecule has 0 radical (unpaired) electrons. The molecule has 0 fully saturated rings. The first kappa shape index (κ1) is 10.9. The van der Waals surface area contributed by atoms with E-state index in [-0.39, 0.29) is 21.2 Å². The van der Waals surface area contributed by atoms with E-state index >= 15 is 0 Å². The first-order valence-corrected chi connectivity index (χ1v) is 4.61. The molecule has 17 heavy (non-hydrogen) atoms. The van der Waals surface area contributed by atoms with Crippen molar-refractivity contribution >= 4 is 17.0 Å². The van der Waals surface area contributed by atoms with Gasteiger partial charge in [0.15, 0.2) is 0 Å². The van der Waals surface area contributed by atoms with Crippen LogP contribution in [-0.2, 0) is 7.05 Å². The number of phenols is 1. The van der Waals surface area contributed by atoms with Crippen molar-refractivity contribution in [2.24, 2.45) is 7.05 Å². The third-order valence-electron chi connectivity index (χ3n) is 2.44. The average molecular weight is 236 g/mol. The molecule has 0 aliphatic heterocycles. The largest absolute Gasteiger partial charge is 0.508 e. The molecule has 7 nitrogen and oxygen atoms in total. The molecule has 2 rings (SSSR count). The molecular weight excluding hydrogens is 228 g/mol. The minimum absolute atomic E-state index is 0.0329. The van der Waals surface area contributed by atoms with Crippen molar-refractivity contribution in [3.8, 4) is 5.75 Å². The average Bonchev–Trinajstić information content (AvgIpc) is 2.26. The second-order valence-electron chi connectivity index (χ2n) is 3.47. The van der Waals surface area contributed by atoms with Crippen LogP contribution in [0.3, 0.4) is 0 Å². The maximum absolute atomic E-state index is 11.8. The lowest BCUT2D eigenvalue weighted by Gasteiger charge is -2.07. The van der Waals surface area contributed by atoms with Gasteiger partial charge in [0.1, 0.15) is 5.75 Å². The Morgan fingerprint density at radius 3 is 2.53 bits per heavy atom. The number of nitrogens with zero attached hydrogens (tertiary/aromatic N) is 2. The van der Waals surface area contributed by atoms with Crippen molar-refractivity contribution in [1.29, 1.82) is 0 Å². The maximum Gasteiger partial charge on any atom is 0.422 e. The lowest BCUT2D eigenvalue weighted by Crippen LogP contribution is -2.42. The standard InChI is InChI=1S/C10H8N2O5/c1-11-7-3-2-5(13)4-6(7)8(14)12(9(11)15)10(16)17/h2-4,13H,1H3,(H,16,17). The Morgan fingerprint density at radius 2 is 1.94 bits per heavy atom. The first-order chi connectivity index (χ1) is 7.93. The number of benzene rings is 1. The maximum atomic E-state index is 11.8. The highest BCUT2D eigenvalue weighted by atomic mass is 16.4. The molecule has 1 heterocycles. The van der Waals surface area contributed by atoms with Gasteiger partial charge in [-0.1, -0.05) is 0 Å². The van der Waals surface area contributed by atoms with Crippen LogP contribution in [0.5, 0.6) is 5.75 Å². The van der Waals surface area contributed by atoms with Gasteiger partial charge < -0.3 is 10.2 Å². The van der Waals surface area contributed by atoms with Crippen molar-refractivity contribution in [2.45, 2.75) is 0 Å². The van der Waals surface area contributed by atoms with Crippen LogP contribution in [0.15, 0.2) is 27.8 Å². The predicted octanol–water partition coefficient (Wildman–Crippen LogP) is -0.0681. The van der Waals surface area contributed by atoms with E-state index in [0.717, 1.165) is 10.6 Å². The molecule has 0 saturated carbocycles. The molecular formula is C10H8N2O5. The molecule has 0 unspecified atom stereocenters. The SMILES string of the molecule is Cn1c(=O)n(C(=O)O)c(=O)c2cc(O)ccc21. The minimum atomic E-state index is -1.65. The summed E-state index contributed by atoms with van der Waals surface area (Å²) in [7, 11) is 1.35. The first-order valence-electron chi connectivity index (χ1n) is 4.61. The normalized spacial score (nSPS) is 10.6. The molecule has 2 N–H and O–H groups in total. The van der Waals surface area contributed by atoms with Gasteiger partial charge in [0, 0.05) is 7.05 Å². The van der Waals surface area contributed by atoms with Gasteiger partial charge in [0.2, 0.25) is 0 Å². The van der Waals surface area contributed by atoms with E-state index in [1.807, 2.05) is 0 Å². The van der Waals surface area contributed by atoms with Crippen molar-refractivity contribution in [3.63, 3.8) is 0 Å². The van der Waals surface area contributed by atoms with Crippen LogP contribution < -0.4 is 11.2 Å². The van der Waals surface area contributed by atoms with Crippen LogP contribution in [0.25, 0.3) is 10.9 Å². The summed E-state index contributed by atoms with van der Waals surface area (Å²) in [5.41, 5.74) is -1.65. The highest BCUT2D eigenvalue weighted by Gasteiger charge is 2.15. The second kappa shape index (κ2) is 3.48. The topological polar surface area (TPSA) is 102 Å². The molecule has 7 heteroatoms. The van der Waals surface area contributed by atoms with E-state index in [4.69, 9.17) is 5.11 Å². The molecule has 0 aliphatic carbocycles. The number of hydrogen-bond acceptors (Lipinski definition) is 4. The molecule has 0 amide bonds. The Balaban J connectivity index is 3.12. The molecule has 88 valence electrons. The zero-order chi connectivity index (χ0) is 12.7. The van der Waals surface area contributed by atoms with Gasteiger partial charge in [-0.2, -0.15) is 4.57 Å². The van der Waals surface area contributed by atoms with Gasteiger partial charge in [0.25, 0.3) is 5.56 Å². The van der Waals surface area contributed by atoms with Gasteiger partial charge in [0.05, 0.1) is 10.9 Å². The fraction of sp³-hybridized carbons (Fsp3) is 0.100.